The van der Waals surface area contributed by atoms with E-state index in [2.05, 4.69) is 17.1 Å². The molecule has 1 unspecified atom stereocenters. The quantitative estimate of drug-likeness (QED) is 0.682. The SMILES string of the molecule is CCN(CC1CCC1)CC(C)(NC1CC1)C(=O)OC. The van der Waals surface area contributed by atoms with Crippen LogP contribution in [0.5, 0.6) is 0 Å². The zero-order chi connectivity index (χ0) is 13.9. The molecule has 2 fully saturated rings. The van der Waals surface area contributed by atoms with Crippen LogP contribution in [-0.2, 0) is 9.53 Å². The fraction of sp³-hybridized carbons (Fsp3) is 0.933. The Bertz CT molecular complexity index is 313. The van der Waals surface area contributed by atoms with Crippen LogP contribution in [0.3, 0.4) is 0 Å². The Labute approximate surface area is 116 Å². The molecular formula is C15H28N2O2. The van der Waals surface area contributed by atoms with Gasteiger partial charge in [0.15, 0.2) is 0 Å². The Morgan fingerprint density at radius 2 is 2.05 bits per heavy atom. The second-order valence-electron chi connectivity index (χ2n) is 6.37. The number of carbonyl (C=O) groups is 1. The lowest BCUT2D eigenvalue weighted by Gasteiger charge is -2.37. The lowest BCUT2D eigenvalue weighted by molar-refractivity contribution is -0.149. The number of rotatable bonds is 8. The smallest absolute Gasteiger partial charge is 0.327 e. The van der Waals surface area contributed by atoms with Crippen molar-refractivity contribution in [1.82, 2.24) is 10.2 Å². The summed E-state index contributed by atoms with van der Waals surface area (Å²) in [6, 6.07) is 0.506. The Kier molecular flexibility index (Phi) is 4.85. The number of esters is 1. The number of likely N-dealkylation sites (N-methyl/N-ethyl adjacent to an activating group) is 1. The number of nitrogens with one attached hydrogen (secondary N) is 1. The number of hydrogen-bond donors (Lipinski definition) is 1. The fourth-order valence-electron chi connectivity index (χ4n) is 2.87. The van der Waals surface area contributed by atoms with E-state index >= 15 is 0 Å². The number of hydrogen-bond acceptors (Lipinski definition) is 4. The molecule has 0 spiro atoms. The summed E-state index contributed by atoms with van der Waals surface area (Å²) in [6.07, 6.45) is 6.43. The minimum Gasteiger partial charge on any atom is -0.468 e. The van der Waals surface area contributed by atoms with Crippen LogP contribution < -0.4 is 5.32 Å². The van der Waals surface area contributed by atoms with Gasteiger partial charge in [-0.05, 0) is 45.1 Å². The Balaban J connectivity index is 1.93. The van der Waals surface area contributed by atoms with Crippen molar-refractivity contribution in [2.45, 2.75) is 57.5 Å². The van der Waals surface area contributed by atoms with Crippen molar-refractivity contribution in [3.05, 3.63) is 0 Å². The van der Waals surface area contributed by atoms with E-state index in [-0.39, 0.29) is 5.97 Å². The van der Waals surface area contributed by atoms with Crippen LogP contribution in [0.25, 0.3) is 0 Å². The molecular weight excluding hydrogens is 240 g/mol. The van der Waals surface area contributed by atoms with Crippen molar-refractivity contribution in [3.8, 4) is 0 Å². The summed E-state index contributed by atoms with van der Waals surface area (Å²) in [4.78, 5) is 14.5. The predicted molar refractivity (Wildman–Crippen MR) is 76.0 cm³/mol. The van der Waals surface area contributed by atoms with Crippen molar-refractivity contribution >= 4 is 5.97 Å². The lowest BCUT2D eigenvalue weighted by atomic mass is 9.85. The standard InChI is InChI=1S/C15H28N2O2/c1-4-17(10-12-6-5-7-12)11-15(2,14(18)19-3)16-13-8-9-13/h12-13,16H,4-11H2,1-3H3. The van der Waals surface area contributed by atoms with Crippen LogP contribution >= 0.6 is 0 Å². The molecule has 2 aliphatic carbocycles. The molecule has 0 amide bonds. The third-order valence-corrected chi connectivity index (χ3v) is 4.46. The maximum Gasteiger partial charge on any atom is 0.327 e. The van der Waals surface area contributed by atoms with Gasteiger partial charge >= 0.3 is 5.97 Å². The topological polar surface area (TPSA) is 41.6 Å². The van der Waals surface area contributed by atoms with Crippen molar-refractivity contribution < 1.29 is 9.53 Å². The van der Waals surface area contributed by atoms with Crippen LogP contribution in [0.15, 0.2) is 0 Å². The number of carbonyl (C=O) groups excluding carboxylic acids is 1. The van der Waals surface area contributed by atoms with Crippen LogP contribution in [0.1, 0.15) is 46.0 Å². The van der Waals surface area contributed by atoms with E-state index in [9.17, 15) is 4.79 Å². The Morgan fingerprint density at radius 1 is 1.37 bits per heavy atom. The Hall–Kier alpha value is -0.610. The molecule has 1 N–H and O–H groups in total. The molecule has 110 valence electrons. The predicted octanol–water partition coefficient (Wildman–Crippen LogP) is 1.79. The molecule has 2 aliphatic rings. The van der Waals surface area contributed by atoms with E-state index in [1.165, 1.54) is 39.2 Å². The van der Waals surface area contributed by atoms with Gasteiger partial charge in [-0.3, -0.25) is 10.1 Å². The monoisotopic (exact) mass is 268 g/mol. The normalized spacial score (nSPS) is 22.9. The molecule has 0 aliphatic heterocycles. The third-order valence-electron chi connectivity index (χ3n) is 4.46. The zero-order valence-electron chi connectivity index (χ0n) is 12.6. The highest BCUT2D eigenvalue weighted by Crippen LogP contribution is 2.28. The summed E-state index contributed by atoms with van der Waals surface area (Å²) in [5, 5.41) is 3.48. The van der Waals surface area contributed by atoms with Crippen molar-refractivity contribution in [2.75, 3.05) is 26.7 Å². The molecule has 0 heterocycles. The molecule has 0 aromatic carbocycles. The maximum absolute atomic E-state index is 12.1. The summed E-state index contributed by atoms with van der Waals surface area (Å²) >= 11 is 0. The molecule has 0 bridgehead atoms. The summed E-state index contributed by atoms with van der Waals surface area (Å²) in [5.74, 6) is 0.703. The van der Waals surface area contributed by atoms with Crippen molar-refractivity contribution in [1.29, 1.82) is 0 Å². The summed E-state index contributed by atoms with van der Waals surface area (Å²) in [5.41, 5.74) is -0.560. The number of methoxy groups -OCH3 is 1. The van der Waals surface area contributed by atoms with Gasteiger partial charge in [-0.25, -0.2) is 0 Å². The van der Waals surface area contributed by atoms with Gasteiger partial charge in [-0.2, -0.15) is 0 Å². The van der Waals surface area contributed by atoms with E-state index in [1.54, 1.807) is 0 Å². The zero-order valence-corrected chi connectivity index (χ0v) is 12.6. The Morgan fingerprint density at radius 3 is 2.47 bits per heavy atom. The molecule has 0 radical (unpaired) electrons. The van der Waals surface area contributed by atoms with Crippen LogP contribution in [0.4, 0.5) is 0 Å². The van der Waals surface area contributed by atoms with Gasteiger partial charge in [-0.1, -0.05) is 13.3 Å². The molecule has 4 nitrogen and oxygen atoms in total. The molecule has 2 saturated carbocycles. The minimum absolute atomic E-state index is 0.133. The summed E-state index contributed by atoms with van der Waals surface area (Å²) in [6.45, 7) is 7.03. The first kappa shape index (κ1) is 14.8. The summed E-state index contributed by atoms with van der Waals surface area (Å²) < 4.78 is 5.01. The van der Waals surface area contributed by atoms with E-state index in [0.29, 0.717) is 6.04 Å². The summed E-state index contributed by atoms with van der Waals surface area (Å²) in [7, 11) is 1.48. The van der Waals surface area contributed by atoms with E-state index in [1.807, 2.05) is 6.92 Å². The molecule has 0 saturated heterocycles. The van der Waals surface area contributed by atoms with Crippen molar-refractivity contribution in [2.24, 2.45) is 5.92 Å². The second-order valence-corrected chi connectivity index (χ2v) is 6.37. The largest absolute Gasteiger partial charge is 0.468 e. The maximum atomic E-state index is 12.1. The van der Waals surface area contributed by atoms with Crippen molar-refractivity contribution in [3.63, 3.8) is 0 Å². The van der Waals surface area contributed by atoms with Gasteiger partial charge in [0.1, 0.15) is 5.54 Å². The second kappa shape index (κ2) is 6.23. The number of ether oxygens (including phenoxy) is 1. The number of nitrogens with zero attached hydrogens (tertiary/aromatic N) is 1. The molecule has 0 aromatic rings. The average Bonchev–Trinajstić information content (AvgIpc) is 3.14. The highest BCUT2D eigenvalue weighted by Gasteiger charge is 2.40. The van der Waals surface area contributed by atoms with E-state index < -0.39 is 5.54 Å². The lowest BCUT2D eigenvalue weighted by Crippen LogP contribution is -2.58. The van der Waals surface area contributed by atoms with Crippen LogP contribution in [0, 0.1) is 5.92 Å². The van der Waals surface area contributed by atoms with Crippen LogP contribution in [-0.4, -0.2) is 49.2 Å². The third kappa shape index (κ3) is 3.93. The van der Waals surface area contributed by atoms with Gasteiger partial charge in [0.25, 0.3) is 0 Å². The van der Waals surface area contributed by atoms with E-state index in [0.717, 1.165) is 25.6 Å². The first-order valence-corrected chi connectivity index (χ1v) is 7.66. The molecule has 2 rings (SSSR count). The minimum atomic E-state index is -0.560. The molecule has 0 aromatic heterocycles. The van der Waals surface area contributed by atoms with Gasteiger partial charge in [0.2, 0.25) is 0 Å². The molecule has 4 heteroatoms. The molecule has 1 atom stereocenters. The highest BCUT2D eigenvalue weighted by atomic mass is 16.5. The first-order chi connectivity index (χ1) is 9.07. The van der Waals surface area contributed by atoms with Gasteiger partial charge in [0, 0.05) is 19.1 Å². The average molecular weight is 268 g/mol. The molecule has 19 heavy (non-hydrogen) atoms. The first-order valence-electron chi connectivity index (χ1n) is 7.66. The fourth-order valence-corrected chi connectivity index (χ4v) is 2.87. The van der Waals surface area contributed by atoms with Gasteiger partial charge < -0.3 is 9.64 Å². The van der Waals surface area contributed by atoms with Crippen LogP contribution in [0.2, 0.25) is 0 Å². The van der Waals surface area contributed by atoms with E-state index in [4.69, 9.17) is 4.74 Å². The highest BCUT2D eigenvalue weighted by molar-refractivity contribution is 5.80. The van der Waals surface area contributed by atoms with Gasteiger partial charge in [0.05, 0.1) is 7.11 Å². The van der Waals surface area contributed by atoms with Gasteiger partial charge in [-0.15, -0.1) is 0 Å².